The van der Waals surface area contributed by atoms with Crippen LogP contribution in [-0.2, 0) is 9.47 Å². The van der Waals surface area contributed by atoms with Crippen LogP contribution in [0.5, 0.6) is 17.2 Å². The fraction of sp³-hybridized carbons (Fsp3) is 0.316. The first kappa shape index (κ1) is 32.1. The lowest BCUT2D eigenvalue weighted by Crippen LogP contribution is -2.19. The number of epoxide rings is 1. The molecule has 1 saturated heterocycles. The zero-order chi connectivity index (χ0) is 32.9. The van der Waals surface area contributed by atoms with Crippen molar-refractivity contribution in [1.82, 2.24) is 0 Å². The van der Waals surface area contributed by atoms with Crippen molar-refractivity contribution in [2.75, 3.05) is 19.8 Å². The molecular weight excluding hydrogens is 596 g/mol. The molecule has 1 aliphatic carbocycles. The van der Waals surface area contributed by atoms with Gasteiger partial charge in [0.15, 0.2) is 0 Å². The minimum atomic E-state index is -0.645. The molecule has 3 unspecified atom stereocenters. The summed E-state index contributed by atoms with van der Waals surface area (Å²) in [6, 6.07) is 19.2. The fourth-order valence-electron chi connectivity index (χ4n) is 6.04. The van der Waals surface area contributed by atoms with E-state index >= 15 is 0 Å². The van der Waals surface area contributed by atoms with E-state index in [-0.39, 0.29) is 11.3 Å². The number of aryl methyl sites for hydroxylation is 2. The molecule has 2 fully saturated rings. The van der Waals surface area contributed by atoms with Crippen molar-refractivity contribution in [3.63, 3.8) is 0 Å². The fourth-order valence-corrected chi connectivity index (χ4v) is 6.04. The molecule has 0 bridgehead atoms. The van der Waals surface area contributed by atoms with E-state index in [1.54, 1.807) is 43.3 Å². The van der Waals surface area contributed by atoms with E-state index in [9.17, 15) is 9.59 Å². The van der Waals surface area contributed by atoms with E-state index < -0.39 is 11.9 Å². The average Bonchev–Trinajstić information content (AvgIpc) is 3.86. The molecule has 1 heterocycles. The Labute approximate surface area is 273 Å². The molecule has 6 rings (SSSR count). The van der Waals surface area contributed by atoms with Gasteiger partial charge in [-0.3, -0.25) is 0 Å². The lowest BCUT2D eigenvalue weighted by molar-refractivity contribution is 0.0730. The predicted octanol–water partition coefficient (Wildman–Crippen LogP) is 7.24. The summed E-state index contributed by atoms with van der Waals surface area (Å²) in [5.74, 6) is 0.675. The zero-order valence-corrected chi connectivity index (χ0v) is 26.5. The topological polar surface area (TPSA) is 131 Å². The molecule has 242 valence electrons. The number of hydrogen-bond donors (Lipinski definition) is 2. The highest BCUT2D eigenvalue weighted by Gasteiger charge is 2.43. The second-order valence-corrected chi connectivity index (χ2v) is 12.2. The van der Waals surface area contributed by atoms with Gasteiger partial charge in [0.05, 0.1) is 29.9 Å². The quantitative estimate of drug-likeness (QED) is 0.0521. The number of hydrogen-bond acceptors (Lipinski definition) is 9. The molecule has 0 amide bonds. The second-order valence-electron chi connectivity index (χ2n) is 12.2. The third kappa shape index (κ3) is 7.76. The first-order chi connectivity index (χ1) is 22.8. The van der Waals surface area contributed by atoms with Crippen LogP contribution >= 0.6 is 0 Å². The number of rotatable bonds is 13. The maximum Gasteiger partial charge on any atom is 0.343 e. The van der Waals surface area contributed by atoms with Gasteiger partial charge in [-0.05, 0) is 116 Å². The maximum absolute atomic E-state index is 13.1. The summed E-state index contributed by atoms with van der Waals surface area (Å²) in [7, 11) is 0. The smallest absolute Gasteiger partial charge is 0.343 e. The highest BCUT2D eigenvalue weighted by atomic mass is 16.6. The minimum Gasteiger partial charge on any atom is -0.493 e. The van der Waals surface area contributed by atoms with Crippen molar-refractivity contribution in [3.05, 3.63) is 100 Å². The Morgan fingerprint density at radius 1 is 0.809 bits per heavy atom. The number of ether oxygens (including phenoxy) is 5. The van der Waals surface area contributed by atoms with Crippen molar-refractivity contribution in [1.29, 1.82) is 10.8 Å². The number of esters is 2. The summed E-state index contributed by atoms with van der Waals surface area (Å²) >= 11 is 0. The molecule has 0 aromatic heterocycles. The number of benzene rings is 4. The molecule has 0 radical (unpaired) electrons. The van der Waals surface area contributed by atoms with Crippen molar-refractivity contribution in [3.8, 4) is 17.2 Å². The molecule has 3 atom stereocenters. The minimum absolute atomic E-state index is 0.149. The molecule has 1 aliphatic heterocycles. The van der Waals surface area contributed by atoms with E-state index in [0.717, 1.165) is 54.0 Å². The Kier molecular flexibility index (Phi) is 9.75. The van der Waals surface area contributed by atoms with E-state index in [1.807, 2.05) is 31.2 Å². The van der Waals surface area contributed by atoms with Crippen LogP contribution in [0.1, 0.15) is 68.7 Å². The molecule has 2 N–H and O–H groups in total. The van der Waals surface area contributed by atoms with Crippen molar-refractivity contribution < 1.29 is 33.3 Å². The van der Waals surface area contributed by atoms with Gasteiger partial charge in [0.1, 0.15) is 17.2 Å². The van der Waals surface area contributed by atoms with Crippen LogP contribution in [-0.4, -0.2) is 56.4 Å². The van der Waals surface area contributed by atoms with Crippen LogP contribution in [0.4, 0.5) is 0 Å². The molecule has 47 heavy (non-hydrogen) atoms. The van der Waals surface area contributed by atoms with Crippen molar-refractivity contribution in [2.24, 2.45) is 5.92 Å². The van der Waals surface area contributed by atoms with Crippen LogP contribution in [0, 0.1) is 30.6 Å². The average molecular weight is 635 g/mol. The molecule has 2 aliphatic rings. The zero-order valence-electron chi connectivity index (χ0n) is 26.5. The molecule has 1 saturated carbocycles. The van der Waals surface area contributed by atoms with Gasteiger partial charge in [-0.25, -0.2) is 9.59 Å². The predicted molar refractivity (Wildman–Crippen MR) is 179 cm³/mol. The van der Waals surface area contributed by atoms with Gasteiger partial charge in [-0.15, -0.1) is 0 Å². The lowest BCUT2D eigenvalue weighted by Gasteiger charge is -2.18. The van der Waals surface area contributed by atoms with Gasteiger partial charge in [-0.1, -0.05) is 12.1 Å². The first-order valence-electron chi connectivity index (χ1n) is 15.9. The summed E-state index contributed by atoms with van der Waals surface area (Å²) < 4.78 is 28.7. The molecule has 4 aromatic rings. The summed E-state index contributed by atoms with van der Waals surface area (Å²) in [5, 5.41) is 17.2. The Morgan fingerprint density at radius 3 is 2.26 bits per heavy atom. The van der Waals surface area contributed by atoms with Gasteiger partial charge >= 0.3 is 11.9 Å². The van der Waals surface area contributed by atoms with Gasteiger partial charge in [0.2, 0.25) is 0 Å². The lowest BCUT2D eigenvalue weighted by atomic mass is 9.90. The Morgan fingerprint density at radius 2 is 1.51 bits per heavy atom. The molecule has 9 heteroatoms. The summed E-state index contributed by atoms with van der Waals surface area (Å²) in [5.41, 5.74) is 2.86. The van der Waals surface area contributed by atoms with Gasteiger partial charge in [0.25, 0.3) is 0 Å². The number of fused-ring (bicyclic) bond motifs is 2. The normalized spacial score (nSPS) is 18.2. The second kappa shape index (κ2) is 14.3. The van der Waals surface area contributed by atoms with Crippen molar-refractivity contribution in [2.45, 2.75) is 51.7 Å². The van der Waals surface area contributed by atoms with Crippen molar-refractivity contribution >= 4 is 35.1 Å². The van der Waals surface area contributed by atoms with E-state index in [0.29, 0.717) is 59.3 Å². The van der Waals surface area contributed by atoms with Crippen LogP contribution in [0.15, 0.2) is 66.7 Å². The highest BCUT2D eigenvalue weighted by molar-refractivity contribution is 5.98. The third-order valence-corrected chi connectivity index (χ3v) is 8.63. The number of carbonyl (C=O) groups is 2. The summed E-state index contributed by atoms with van der Waals surface area (Å²) in [6.07, 6.45) is 7.47. The number of nitrogens with one attached hydrogen (secondary N) is 2. The van der Waals surface area contributed by atoms with Crippen LogP contribution in [0.25, 0.3) is 10.8 Å². The van der Waals surface area contributed by atoms with Crippen LogP contribution < -0.4 is 14.2 Å². The molecular formula is C38H38N2O7. The maximum atomic E-state index is 13.1. The summed E-state index contributed by atoms with van der Waals surface area (Å²) in [4.78, 5) is 26.0. The molecule has 0 spiro atoms. The monoisotopic (exact) mass is 634 g/mol. The van der Waals surface area contributed by atoms with E-state index in [2.05, 4.69) is 0 Å². The standard InChI is InChI=1S/C38H38N2O7/c1-23-14-30(20-39)36(31(15-23)21-40)47-38(42)28-8-11-33(24(2)16-28)46-37(41)29-6-5-27-19-32(9-7-26(27)18-29)44-13-3-12-43-22-25-4-10-34-35(17-25)45-34/h5-9,11,14-16,18-21,25,34-35,39-40H,3-4,10,12-13,17,22H2,1-2H3. The third-order valence-electron chi connectivity index (χ3n) is 8.63. The van der Waals surface area contributed by atoms with Gasteiger partial charge in [-0.2, -0.15) is 0 Å². The first-order valence-corrected chi connectivity index (χ1v) is 15.9. The van der Waals surface area contributed by atoms with Crippen LogP contribution in [0.3, 0.4) is 0 Å². The van der Waals surface area contributed by atoms with E-state index in [4.69, 9.17) is 34.5 Å². The van der Waals surface area contributed by atoms with E-state index in [1.165, 1.54) is 18.9 Å². The summed E-state index contributed by atoms with van der Waals surface area (Å²) in [6.45, 7) is 5.60. The highest BCUT2D eigenvalue weighted by Crippen LogP contribution is 2.39. The SMILES string of the molecule is Cc1cc(C=N)c(OC(=O)c2ccc(OC(=O)c3ccc4cc(OCCCOCC5CCC6OC6C5)ccc4c3)c(C)c2)c(C=N)c1. The van der Waals surface area contributed by atoms with Gasteiger partial charge in [0, 0.05) is 43.2 Å². The van der Waals surface area contributed by atoms with Gasteiger partial charge < -0.3 is 34.5 Å². The number of carbonyl (C=O) groups excluding carboxylic acids is 2. The largest absolute Gasteiger partial charge is 0.493 e. The molecule has 9 nitrogen and oxygen atoms in total. The molecule has 4 aromatic carbocycles. The Hall–Kier alpha value is -4.86. The van der Waals surface area contributed by atoms with Crippen LogP contribution in [0.2, 0.25) is 0 Å². The Balaban J connectivity index is 1.01. The Bertz CT molecular complexity index is 1810.